The van der Waals surface area contributed by atoms with E-state index in [-0.39, 0.29) is 29.3 Å². The monoisotopic (exact) mass is 423 g/mol. The van der Waals surface area contributed by atoms with Gasteiger partial charge in [-0.15, -0.1) is 0 Å². The number of amides is 1. The Hall–Kier alpha value is -3.54. The van der Waals surface area contributed by atoms with Crippen molar-refractivity contribution >= 4 is 17.4 Å². The Labute approximate surface area is 178 Å². The lowest BCUT2D eigenvalue weighted by Crippen LogP contribution is -2.18. The van der Waals surface area contributed by atoms with Crippen LogP contribution in [0.3, 0.4) is 0 Å². The molecule has 1 N–H and O–H groups in total. The molecule has 3 aromatic carbocycles. The number of anilines is 1. The van der Waals surface area contributed by atoms with E-state index >= 15 is 0 Å². The first-order valence-electron chi connectivity index (χ1n) is 9.75. The molecule has 0 radical (unpaired) electrons. The number of ether oxygens (including phenoxy) is 1. The van der Waals surface area contributed by atoms with Crippen molar-refractivity contribution in [2.45, 2.75) is 19.0 Å². The van der Waals surface area contributed by atoms with Crippen LogP contribution in [-0.2, 0) is 10.9 Å². The number of hydrogen-bond donors (Lipinski definition) is 1. The summed E-state index contributed by atoms with van der Waals surface area (Å²) < 4.78 is 45.0. The Kier molecular flexibility index (Phi) is 5.31. The standard InChI is InChI=1S/C25H20F3NO2/c1-15(2)21-13-16(11-12-23(21)25(26,27)28)29-24(30)31-14-22-19-9-5-3-7-17(19)18-8-4-6-10-20(18)22/h3-13,22H,1,14H2,2H3,(H,29,30). The maximum Gasteiger partial charge on any atom is 0.416 e. The summed E-state index contributed by atoms with van der Waals surface area (Å²) in [4.78, 5) is 12.4. The van der Waals surface area contributed by atoms with Crippen molar-refractivity contribution in [3.8, 4) is 11.1 Å². The maximum absolute atomic E-state index is 13.2. The molecule has 31 heavy (non-hydrogen) atoms. The summed E-state index contributed by atoms with van der Waals surface area (Å²) in [7, 11) is 0. The zero-order valence-electron chi connectivity index (χ0n) is 16.8. The second kappa shape index (κ2) is 7.95. The molecule has 4 rings (SSSR count). The summed E-state index contributed by atoms with van der Waals surface area (Å²) in [6.45, 7) is 5.21. The Balaban J connectivity index is 1.49. The van der Waals surface area contributed by atoms with Crippen LogP contribution in [0.5, 0.6) is 0 Å². The molecular weight excluding hydrogens is 403 g/mol. The van der Waals surface area contributed by atoms with Crippen LogP contribution in [0.15, 0.2) is 73.3 Å². The highest BCUT2D eigenvalue weighted by Gasteiger charge is 2.33. The van der Waals surface area contributed by atoms with Crippen LogP contribution in [0.2, 0.25) is 0 Å². The molecular formula is C25H20F3NO2. The average Bonchev–Trinajstić information content (AvgIpc) is 3.05. The van der Waals surface area contributed by atoms with Crippen LogP contribution in [0.25, 0.3) is 16.7 Å². The fourth-order valence-electron chi connectivity index (χ4n) is 3.97. The number of benzene rings is 3. The Morgan fingerprint density at radius 2 is 1.58 bits per heavy atom. The molecule has 3 aromatic rings. The van der Waals surface area contributed by atoms with Crippen LogP contribution < -0.4 is 5.32 Å². The van der Waals surface area contributed by atoms with Crippen molar-refractivity contribution < 1.29 is 22.7 Å². The lowest BCUT2D eigenvalue weighted by atomic mass is 9.98. The van der Waals surface area contributed by atoms with Crippen molar-refractivity contribution in [3.63, 3.8) is 0 Å². The smallest absolute Gasteiger partial charge is 0.416 e. The molecule has 1 amide bonds. The molecule has 0 bridgehead atoms. The zero-order chi connectivity index (χ0) is 22.2. The number of carbonyl (C=O) groups is 1. The van der Waals surface area contributed by atoms with Crippen LogP contribution in [0, 0.1) is 0 Å². The van der Waals surface area contributed by atoms with Gasteiger partial charge in [0.05, 0.1) is 5.56 Å². The van der Waals surface area contributed by atoms with E-state index in [2.05, 4.69) is 11.9 Å². The second-order valence-corrected chi connectivity index (χ2v) is 7.49. The van der Waals surface area contributed by atoms with E-state index in [4.69, 9.17) is 4.74 Å². The summed E-state index contributed by atoms with van der Waals surface area (Å²) in [5, 5.41) is 2.52. The van der Waals surface area contributed by atoms with Gasteiger partial charge in [0.15, 0.2) is 0 Å². The topological polar surface area (TPSA) is 38.3 Å². The third-order valence-corrected chi connectivity index (χ3v) is 5.37. The number of hydrogen-bond acceptors (Lipinski definition) is 2. The zero-order valence-corrected chi connectivity index (χ0v) is 16.8. The molecule has 0 heterocycles. The van der Waals surface area contributed by atoms with Gasteiger partial charge in [-0.2, -0.15) is 13.2 Å². The lowest BCUT2D eigenvalue weighted by Gasteiger charge is -2.16. The summed E-state index contributed by atoms with van der Waals surface area (Å²) >= 11 is 0. The number of carbonyl (C=O) groups excluding carboxylic acids is 1. The molecule has 0 atom stereocenters. The summed E-state index contributed by atoms with van der Waals surface area (Å²) in [6, 6.07) is 19.3. The van der Waals surface area contributed by atoms with E-state index in [1.165, 1.54) is 19.1 Å². The van der Waals surface area contributed by atoms with Crippen molar-refractivity contribution in [1.29, 1.82) is 0 Å². The first-order valence-corrected chi connectivity index (χ1v) is 9.75. The van der Waals surface area contributed by atoms with Gasteiger partial charge in [0, 0.05) is 11.6 Å². The molecule has 0 saturated heterocycles. The molecule has 0 unspecified atom stereocenters. The SMILES string of the molecule is C=C(C)c1cc(NC(=O)OCC2c3ccccc3-c3ccccc32)ccc1C(F)(F)F. The molecule has 0 spiro atoms. The van der Waals surface area contributed by atoms with Gasteiger partial charge in [0.1, 0.15) is 6.61 Å². The van der Waals surface area contributed by atoms with Crippen molar-refractivity contribution in [1.82, 2.24) is 0 Å². The van der Waals surface area contributed by atoms with E-state index in [1.54, 1.807) is 0 Å². The third kappa shape index (κ3) is 4.06. The minimum Gasteiger partial charge on any atom is -0.448 e. The number of allylic oxidation sites excluding steroid dienone is 1. The van der Waals surface area contributed by atoms with Crippen LogP contribution in [0.1, 0.15) is 35.1 Å². The lowest BCUT2D eigenvalue weighted by molar-refractivity contribution is -0.137. The molecule has 158 valence electrons. The quantitative estimate of drug-likeness (QED) is 0.486. The molecule has 1 aliphatic carbocycles. The van der Waals surface area contributed by atoms with Crippen molar-refractivity contribution in [2.24, 2.45) is 0 Å². The highest BCUT2D eigenvalue weighted by molar-refractivity contribution is 5.86. The number of rotatable bonds is 4. The van der Waals surface area contributed by atoms with E-state index in [0.717, 1.165) is 28.3 Å². The van der Waals surface area contributed by atoms with E-state index in [9.17, 15) is 18.0 Å². The average molecular weight is 423 g/mol. The predicted octanol–water partition coefficient (Wildman–Crippen LogP) is 7.10. The second-order valence-electron chi connectivity index (χ2n) is 7.49. The van der Waals surface area contributed by atoms with Crippen molar-refractivity contribution in [3.05, 3.63) is 95.6 Å². The van der Waals surface area contributed by atoms with Gasteiger partial charge in [-0.3, -0.25) is 5.32 Å². The van der Waals surface area contributed by atoms with Crippen LogP contribution >= 0.6 is 0 Å². The van der Waals surface area contributed by atoms with Gasteiger partial charge < -0.3 is 4.74 Å². The summed E-state index contributed by atoms with van der Waals surface area (Å²) in [5.74, 6) is -0.100. The Bertz CT molecular complexity index is 1120. The van der Waals surface area contributed by atoms with Crippen LogP contribution in [0.4, 0.5) is 23.7 Å². The number of alkyl halides is 3. The molecule has 1 aliphatic rings. The summed E-state index contributed by atoms with van der Waals surface area (Å²) in [6.07, 6.45) is -5.23. The minimum absolute atomic E-state index is 0.0658. The van der Waals surface area contributed by atoms with Gasteiger partial charge in [0.2, 0.25) is 0 Å². The number of fused-ring (bicyclic) bond motifs is 3. The largest absolute Gasteiger partial charge is 0.448 e. The van der Waals surface area contributed by atoms with E-state index < -0.39 is 17.8 Å². The maximum atomic E-state index is 13.2. The summed E-state index contributed by atoms with van der Waals surface area (Å²) in [5.41, 5.74) is 3.99. The first kappa shape index (κ1) is 20.7. The highest BCUT2D eigenvalue weighted by atomic mass is 19.4. The molecule has 0 aliphatic heterocycles. The molecule has 0 aromatic heterocycles. The van der Waals surface area contributed by atoms with Crippen molar-refractivity contribution in [2.75, 3.05) is 11.9 Å². The Morgan fingerprint density at radius 3 is 2.13 bits per heavy atom. The fourth-order valence-corrected chi connectivity index (χ4v) is 3.97. The molecule has 0 fully saturated rings. The fraction of sp³-hybridized carbons (Fsp3) is 0.160. The van der Waals surface area contributed by atoms with Gasteiger partial charge in [-0.1, -0.05) is 60.7 Å². The number of halogens is 3. The van der Waals surface area contributed by atoms with Gasteiger partial charge in [0.25, 0.3) is 0 Å². The Morgan fingerprint density at radius 1 is 1.00 bits per heavy atom. The van der Waals surface area contributed by atoms with E-state index in [1.807, 2.05) is 48.5 Å². The first-order chi connectivity index (χ1) is 14.8. The normalized spacial score (nSPS) is 12.8. The molecule has 0 saturated carbocycles. The molecule has 6 heteroatoms. The van der Waals surface area contributed by atoms with Gasteiger partial charge >= 0.3 is 12.3 Å². The van der Waals surface area contributed by atoms with Gasteiger partial charge in [-0.25, -0.2) is 4.79 Å². The minimum atomic E-state index is -4.50. The number of nitrogens with one attached hydrogen (secondary N) is 1. The predicted molar refractivity (Wildman–Crippen MR) is 115 cm³/mol. The van der Waals surface area contributed by atoms with Gasteiger partial charge in [-0.05, 0) is 52.9 Å². The molecule has 3 nitrogen and oxygen atoms in total. The third-order valence-electron chi connectivity index (χ3n) is 5.37. The van der Waals surface area contributed by atoms with E-state index in [0.29, 0.717) is 0 Å². The highest BCUT2D eigenvalue weighted by Crippen LogP contribution is 2.44. The van der Waals surface area contributed by atoms with Crippen LogP contribution in [-0.4, -0.2) is 12.7 Å².